The summed E-state index contributed by atoms with van der Waals surface area (Å²) < 4.78 is 0. The van der Waals surface area contributed by atoms with Gasteiger partial charge in [0.05, 0.1) is 10.4 Å². The van der Waals surface area contributed by atoms with Gasteiger partial charge in [0.25, 0.3) is 0 Å². The monoisotopic (exact) mass is 153 g/mol. The number of thiazole rings is 1. The zero-order valence-corrected chi connectivity index (χ0v) is 6.23. The highest BCUT2D eigenvalue weighted by molar-refractivity contribution is 7.11. The second-order valence-corrected chi connectivity index (χ2v) is 2.67. The number of allylic oxidation sites excluding steroid dienone is 1. The van der Waals surface area contributed by atoms with Gasteiger partial charge in [0.1, 0.15) is 0 Å². The van der Waals surface area contributed by atoms with E-state index >= 15 is 0 Å². The fourth-order valence-corrected chi connectivity index (χ4v) is 1.16. The summed E-state index contributed by atoms with van der Waals surface area (Å²) in [6.07, 6.45) is 3.58. The van der Waals surface area contributed by atoms with Gasteiger partial charge in [-0.15, -0.1) is 17.9 Å². The number of hydrogen-bond acceptors (Lipinski definition) is 3. The first-order valence-corrected chi connectivity index (χ1v) is 3.75. The Morgan fingerprint density at radius 3 is 3.20 bits per heavy atom. The van der Waals surface area contributed by atoms with Crippen LogP contribution in [-0.2, 0) is 0 Å². The minimum atomic E-state index is 0.0949. The first kappa shape index (κ1) is 7.15. The Morgan fingerprint density at radius 2 is 2.70 bits per heavy atom. The Kier molecular flexibility index (Phi) is 2.34. The lowest BCUT2D eigenvalue weighted by Gasteiger charge is -1.86. The van der Waals surface area contributed by atoms with Crippen molar-refractivity contribution in [2.45, 2.75) is 6.42 Å². The molecule has 0 spiro atoms. The summed E-state index contributed by atoms with van der Waals surface area (Å²) in [5, 5.41) is 0. The van der Waals surface area contributed by atoms with Crippen LogP contribution in [0.4, 0.5) is 0 Å². The minimum Gasteiger partial charge on any atom is -0.293 e. The van der Waals surface area contributed by atoms with Crippen LogP contribution in [0.1, 0.15) is 16.1 Å². The molecule has 0 bridgehead atoms. The van der Waals surface area contributed by atoms with Crippen molar-refractivity contribution in [3.63, 3.8) is 0 Å². The van der Waals surface area contributed by atoms with Gasteiger partial charge in [0, 0.05) is 12.6 Å². The molecule has 1 heterocycles. The van der Waals surface area contributed by atoms with Gasteiger partial charge in [-0.2, -0.15) is 0 Å². The Bertz CT molecular complexity index is 228. The van der Waals surface area contributed by atoms with Crippen LogP contribution in [0.3, 0.4) is 0 Å². The average Bonchev–Trinajstić information content (AvgIpc) is 2.38. The zero-order valence-electron chi connectivity index (χ0n) is 5.41. The van der Waals surface area contributed by atoms with E-state index < -0.39 is 0 Å². The molecule has 0 unspecified atom stereocenters. The molecule has 10 heavy (non-hydrogen) atoms. The summed E-state index contributed by atoms with van der Waals surface area (Å²) >= 11 is 1.36. The van der Waals surface area contributed by atoms with Gasteiger partial charge in [-0.3, -0.25) is 9.78 Å². The van der Waals surface area contributed by atoms with Gasteiger partial charge < -0.3 is 0 Å². The average molecular weight is 153 g/mol. The largest absolute Gasteiger partial charge is 0.293 e. The smallest absolute Gasteiger partial charge is 0.178 e. The summed E-state index contributed by atoms with van der Waals surface area (Å²) in [6.45, 7) is 3.47. The molecule has 0 saturated heterocycles. The summed E-state index contributed by atoms with van der Waals surface area (Å²) in [5.74, 6) is 0.0949. The Balaban J connectivity index is 2.68. The molecular weight excluding hydrogens is 146 g/mol. The molecule has 0 atom stereocenters. The number of nitrogens with zero attached hydrogens (tertiary/aromatic N) is 1. The molecule has 1 aromatic heterocycles. The van der Waals surface area contributed by atoms with Gasteiger partial charge in [0.2, 0.25) is 0 Å². The lowest BCUT2D eigenvalue weighted by atomic mass is 10.2. The summed E-state index contributed by atoms with van der Waals surface area (Å²) in [7, 11) is 0. The van der Waals surface area contributed by atoms with Crippen LogP contribution >= 0.6 is 11.3 Å². The molecule has 3 heteroatoms. The molecule has 0 aromatic carbocycles. The third-order valence-corrected chi connectivity index (χ3v) is 1.85. The lowest BCUT2D eigenvalue weighted by Crippen LogP contribution is -1.91. The molecule has 0 fully saturated rings. The van der Waals surface area contributed by atoms with E-state index in [1.54, 1.807) is 17.8 Å². The predicted octanol–water partition coefficient (Wildman–Crippen LogP) is 1.90. The Hall–Kier alpha value is -0.960. The molecule has 2 nitrogen and oxygen atoms in total. The molecule has 1 rings (SSSR count). The number of rotatable bonds is 3. The topological polar surface area (TPSA) is 30.0 Å². The van der Waals surface area contributed by atoms with E-state index in [9.17, 15) is 4.79 Å². The second-order valence-electron chi connectivity index (χ2n) is 1.78. The van der Waals surface area contributed by atoms with Crippen molar-refractivity contribution < 1.29 is 4.79 Å². The van der Waals surface area contributed by atoms with Crippen molar-refractivity contribution in [2.24, 2.45) is 0 Å². The van der Waals surface area contributed by atoms with E-state index in [0.29, 0.717) is 11.3 Å². The molecule has 0 aliphatic rings. The van der Waals surface area contributed by atoms with Crippen LogP contribution < -0.4 is 0 Å². The van der Waals surface area contributed by atoms with Crippen molar-refractivity contribution in [3.05, 3.63) is 29.2 Å². The van der Waals surface area contributed by atoms with Gasteiger partial charge in [0.15, 0.2) is 5.78 Å². The molecule has 52 valence electrons. The summed E-state index contributed by atoms with van der Waals surface area (Å²) in [5.41, 5.74) is 1.65. The maximum absolute atomic E-state index is 11.0. The van der Waals surface area contributed by atoms with Crippen LogP contribution in [-0.4, -0.2) is 10.8 Å². The van der Waals surface area contributed by atoms with E-state index in [1.807, 2.05) is 0 Å². The fraction of sp³-hybridized carbons (Fsp3) is 0.143. The second kappa shape index (κ2) is 3.27. The maximum Gasteiger partial charge on any atom is 0.178 e. The zero-order chi connectivity index (χ0) is 7.40. The minimum absolute atomic E-state index is 0.0949. The van der Waals surface area contributed by atoms with Crippen LogP contribution in [0.5, 0.6) is 0 Å². The number of hydrogen-bond donors (Lipinski definition) is 0. The highest BCUT2D eigenvalue weighted by atomic mass is 32.1. The van der Waals surface area contributed by atoms with Gasteiger partial charge in [-0.1, -0.05) is 6.08 Å². The van der Waals surface area contributed by atoms with Gasteiger partial charge >= 0.3 is 0 Å². The molecule has 0 aliphatic carbocycles. The molecule has 0 saturated carbocycles. The number of aromatic nitrogens is 1. The van der Waals surface area contributed by atoms with Crippen LogP contribution in [0, 0.1) is 0 Å². The van der Waals surface area contributed by atoms with Gasteiger partial charge in [-0.05, 0) is 0 Å². The standard InChI is InChI=1S/C7H7NOS/c1-2-3-6(9)7-4-8-5-10-7/h2,4-5H,1,3H2. The Labute approximate surface area is 63.2 Å². The molecule has 0 radical (unpaired) electrons. The normalized spacial score (nSPS) is 9.20. The molecular formula is C7H7NOS. The number of carbonyl (C=O) groups is 1. The fourth-order valence-electron chi connectivity index (χ4n) is 0.585. The van der Waals surface area contributed by atoms with E-state index in [0.717, 1.165) is 0 Å². The number of ketones is 1. The van der Waals surface area contributed by atoms with Crippen molar-refractivity contribution in [2.75, 3.05) is 0 Å². The first-order valence-electron chi connectivity index (χ1n) is 2.87. The number of Topliss-reactive ketones (excluding diaryl/α,β-unsaturated/α-hetero) is 1. The van der Waals surface area contributed by atoms with Crippen molar-refractivity contribution in [1.82, 2.24) is 4.98 Å². The number of carbonyl (C=O) groups excluding carboxylic acids is 1. The third-order valence-electron chi connectivity index (χ3n) is 1.04. The molecule has 0 aliphatic heterocycles. The molecule has 1 aromatic rings. The van der Waals surface area contributed by atoms with Crippen molar-refractivity contribution in [1.29, 1.82) is 0 Å². The van der Waals surface area contributed by atoms with Gasteiger partial charge in [-0.25, -0.2) is 0 Å². The van der Waals surface area contributed by atoms with Crippen LogP contribution in [0.25, 0.3) is 0 Å². The van der Waals surface area contributed by atoms with Crippen molar-refractivity contribution >= 4 is 17.1 Å². The highest BCUT2D eigenvalue weighted by Crippen LogP contribution is 2.08. The predicted molar refractivity (Wildman–Crippen MR) is 41.3 cm³/mol. The quantitative estimate of drug-likeness (QED) is 0.490. The highest BCUT2D eigenvalue weighted by Gasteiger charge is 2.03. The van der Waals surface area contributed by atoms with E-state index in [2.05, 4.69) is 11.6 Å². The SMILES string of the molecule is C=CCC(=O)c1cncs1. The van der Waals surface area contributed by atoms with Crippen LogP contribution in [0.2, 0.25) is 0 Å². The van der Waals surface area contributed by atoms with Crippen molar-refractivity contribution in [3.8, 4) is 0 Å². The van der Waals surface area contributed by atoms with E-state index in [1.165, 1.54) is 11.3 Å². The van der Waals surface area contributed by atoms with E-state index in [-0.39, 0.29) is 5.78 Å². The maximum atomic E-state index is 11.0. The molecule has 0 N–H and O–H groups in total. The summed E-state index contributed by atoms with van der Waals surface area (Å²) in [6, 6.07) is 0. The summed E-state index contributed by atoms with van der Waals surface area (Å²) in [4.78, 5) is 15.5. The van der Waals surface area contributed by atoms with Crippen LogP contribution in [0.15, 0.2) is 24.4 Å². The molecule has 0 amide bonds. The third kappa shape index (κ3) is 1.51. The Morgan fingerprint density at radius 1 is 1.90 bits per heavy atom. The lowest BCUT2D eigenvalue weighted by molar-refractivity contribution is 0.0999. The van der Waals surface area contributed by atoms with E-state index in [4.69, 9.17) is 0 Å². The first-order chi connectivity index (χ1) is 4.84.